The van der Waals surface area contributed by atoms with Gasteiger partial charge in [-0.2, -0.15) is 5.10 Å². The summed E-state index contributed by atoms with van der Waals surface area (Å²) in [4.78, 5) is 22.0. The molecule has 7 nitrogen and oxygen atoms in total. The van der Waals surface area contributed by atoms with Gasteiger partial charge in [0.1, 0.15) is 11.6 Å². The number of benzene rings is 2. The van der Waals surface area contributed by atoms with Crippen LogP contribution in [0.1, 0.15) is 11.4 Å². The molecule has 1 amide bonds. The van der Waals surface area contributed by atoms with Crippen LogP contribution in [-0.4, -0.2) is 56.7 Å². The highest BCUT2D eigenvalue weighted by Crippen LogP contribution is 2.26. The minimum atomic E-state index is -0.319. The van der Waals surface area contributed by atoms with E-state index in [1.165, 1.54) is 12.1 Å². The zero-order chi connectivity index (χ0) is 24.4. The minimum absolute atomic E-state index is 0.00315. The number of carbonyl (C=O) groups is 1. The molecule has 0 aliphatic carbocycles. The number of imidazole rings is 1. The second kappa shape index (κ2) is 9.84. The van der Waals surface area contributed by atoms with E-state index in [-0.39, 0.29) is 18.1 Å². The first-order chi connectivity index (χ1) is 17.0. The molecule has 9 heteroatoms. The van der Waals surface area contributed by atoms with E-state index in [2.05, 4.69) is 15.1 Å². The lowest BCUT2D eigenvalue weighted by Gasteiger charge is -2.35. The minimum Gasteiger partial charge on any atom is -0.352 e. The van der Waals surface area contributed by atoms with Gasteiger partial charge in [-0.1, -0.05) is 17.7 Å². The number of halogens is 2. The van der Waals surface area contributed by atoms with Crippen molar-refractivity contribution in [3.63, 3.8) is 0 Å². The third-order valence-corrected chi connectivity index (χ3v) is 6.59. The van der Waals surface area contributed by atoms with Crippen LogP contribution in [0, 0.1) is 12.7 Å². The molecule has 2 aromatic carbocycles. The molecule has 1 fully saturated rings. The first kappa shape index (κ1) is 23.0. The highest BCUT2D eigenvalue weighted by atomic mass is 35.5. The van der Waals surface area contributed by atoms with E-state index >= 15 is 0 Å². The van der Waals surface area contributed by atoms with Gasteiger partial charge in [0.25, 0.3) is 0 Å². The third-order valence-electron chi connectivity index (χ3n) is 6.16. The molecule has 0 N–H and O–H groups in total. The smallest absolute Gasteiger partial charge is 0.230 e. The number of hydrogen-bond acceptors (Lipinski definition) is 5. The van der Waals surface area contributed by atoms with Crippen LogP contribution in [0.2, 0.25) is 5.02 Å². The Hall–Kier alpha value is -3.78. The van der Waals surface area contributed by atoms with Crippen molar-refractivity contribution in [3.8, 4) is 16.9 Å². The highest BCUT2D eigenvalue weighted by molar-refractivity contribution is 6.31. The number of nitrogens with zero attached hydrogens (tertiary/aromatic N) is 6. The number of amides is 1. The molecule has 35 heavy (non-hydrogen) atoms. The number of carbonyl (C=O) groups excluding carboxylic acids is 1. The number of hydrogen-bond donors (Lipinski definition) is 0. The van der Waals surface area contributed by atoms with E-state index < -0.39 is 0 Å². The highest BCUT2D eigenvalue weighted by Gasteiger charge is 2.24. The number of anilines is 1. The van der Waals surface area contributed by atoms with Crippen molar-refractivity contribution in [2.75, 3.05) is 31.1 Å². The van der Waals surface area contributed by atoms with Gasteiger partial charge >= 0.3 is 0 Å². The number of aryl methyl sites for hydroxylation is 1. The topological polar surface area (TPSA) is 67.2 Å². The van der Waals surface area contributed by atoms with E-state index in [1.807, 2.05) is 52.9 Å². The predicted molar refractivity (Wildman–Crippen MR) is 133 cm³/mol. The zero-order valence-corrected chi connectivity index (χ0v) is 20.0. The molecule has 1 aliphatic heterocycles. The summed E-state index contributed by atoms with van der Waals surface area (Å²) in [6.45, 7) is 4.50. The van der Waals surface area contributed by atoms with E-state index in [0.717, 1.165) is 28.3 Å². The van der Waals surface area contributed by atoms with Crippen LogP contribution in [-0.2, 0) is 11.2 Å². The summed E-state index contributed by atoms with van der Waals surface area (Å²) in [5.74, 6) is 1.09. The molecule has 1 saturated heterocycles. The van der Waals surface area contributed by atoms with Gasteiger partial charge in [0, 0.05) is 54.8 Å². The largest absolute Gasteiger partial charge is 0.352 e. The number of aromatic nitrogens is 4. The van der Waals surface area contributed by atoms with Crippen LogP contribution in [0.15, 0.2) is 67.0 Å². The fourth-order valence-corrected chi connectivity index (χ4v) is 4.32. The summed E-state index contributed by atoms with van der Waals surface area (Å²) in [5, 5.41) is 8.78. The summed E-state index contributed by atoms with van der Waals surface area (Å²) in [6, 6.07) is 15.7. The Balaban J connectivity index is 1.38. The van der Waals surface area contributed by atoms with E-state index in [1.54, 1.807) is 18.3 Å². The lowest BCUT2D eigenvalue weighted by Crippen LogP contribution is -2.49. The second-order valence-corrected chi connectivity index (χ2v) is 8.89. The Bertz CT molecular complexity index is 1330. The molecule has 0 atom stereocenters. The summed E-state index contributed by atoms with van der Waals surface area (Å²) in [6.07, 6.45) is 3.66. The Morgan fingerprint density at radius 2 is 1.83 bits per heavy atom. The summed E-state index contributed by atoms with van der Waals surface area (Å²) >= 11 is 6.20. The molecule has 0 bridgehead atoms. The van der Waals surface area contributed by atoms with Gasteiger partial charge in [-0.25, -0.2) is 9.37 Å². The lowest BCUT2D eigenvalue weighted by molar-refractivity contribution is -0.130. The molecule has 0 spiro atoms. The monoisotopic (exact) mass is 490 g/mol. The molecule has 5 rings (SSSR count). The Labute approximate surface area is 207 Å². The van der Waals surface area contributed by atoms with Crippen LogP contribution in [0.25, 0.3) is 16.9 Å². The molecule has 0 unspecified atom stereocenters. The van der Waals surface area contributed by atoms with Crippen molar-refractivity contribution in [2.24, 2.45) is 0 Å². The second-order valence-electron chi connectivity index (χ2n) is 8.48. The maximum Gasteiger partial charge on any atom is 0.230 e. The third kappa shape index (κ3) is 5.02. The molecule has 2 aromatic heterocycles. The molecule has 3 heterocycles. The molecule has 4 aromatic rings. The van der Waals surface area contributed by atoms with Crippen molar-refractivity contribution in [1.82, 2.24) is 24.6 Å². The van der Waals surface area contributed by atoms with Crippen LogP contribution in [0.3, 0.4) is 0 Å². The fraction of sp³-hybridized carbons (Fsp3) is 0.231. The van der Waals surface area contributed by atoms with Gasteiger partial charge in [0.05, 0.1) is 12.1 Å². The molecular formula is C26H24ClFN6O. The van der Waals surface area contributed by atoms with Gasteiger partial charge in [-0.15, -0.1) is 5.10 Å². The fourth-order valence-electron chi connectivity index (χ4n) is 4.21. The quantitative estimate of drug-likeness (QED) is 0.417. The normalized spacial score (nSPS) is 13.8. The lowest BCUT2D eigenvalue weighted by atomic mass is 10.1. The maximum absolute atomic E-state index is 13.6. The Morgan fingerprint density at radius 1 is 1.06 bits per heavy atom. The number of rotatable bonds is 5. The van der Waals surface area contributed by atoms with E-state index in [4.69, 9.17) is 16.6 Å². The van der Waals surface area contributed by atoms with Crippen molar-refractivity contribution in [2.45, 2.75) is 13.3 Å². The first-order valence-corrected chi connectivity index (χ1v) is 11.8. The number of piperazine rings is 1. The van der Waals surface area contributed by atoms with Crippen LogP contribution < -0.4 is 4.90 Å². The van der Waals surface area contributed by atoms with Crippen LogP contribution in [0.5, 0.6) is 0 Å². The van der Waals surface area contributed by atoms with Gasteiger partial charge in [0.15, 0.2) is 5.82 Å². The molecule has 178 valence electrons. The SMILES string of the molecule is Cc1cc(-c2cn(-c3ccc(F)cc3)c(CC(=O)N3CCN(c4cccnn4)CC3)n2)ccc1Cl. The average Bonchev–Trinajstić information content (AvgIpc) is 3.30. The first-order valence-electron chi connectivity index (χ1n) is 11.4. The van der Waals surface area contributed by atoms with Crippen LogP contribution in [0.4, 0.5) is 10.2 Å². The van der Waals surface area contributed by atoms with Crippen molar-refractivity contribution < 1.29 is 9.18 Å². The van der Waals surface area contributed by atoms with Crippen molar-refractivity contribution in [3.05, 3.63) is 89.2 Å². The summed E-state index contributed by atoms with van der Waals surface area (Å²) in [7, 11) is 0. The summed E-state index contributed by atoms with van der Waals surface area (Å²) in [5.41, 5.74) is 3.31. The standard InChI is InChI=1S/C26H24ClFN6O/c1-18-15-19(4-9-22(18)27)23-17-34(21-7-5-20(28)6-8-21)25(30-23)16-26(35)33-13-11-32(12-14-33)24-3-2-10-29-31-24/h2-10,15,17H,11-14,16H2,1H3. The zero-order valence-electron chi connectivity index (χ0n) is 19.2. The van der Waals surface area contributed by atoms with Crippen LogP contribution >= 0.6 is 11.6 Å². The summed E-state index contributed by atoms with van der Waals surface area (Å²) < 4.78 is 15.4. The Kier molecular flexibility index (Phi) is 6.46. The predicted octanol–water partition coefficient (Wildman–Crippen LogP) is 4.32. The van der Waals surface area contributed by atoms with Crippen molar-refractivity contribution in [1.29, 1.82) is 0 Å². The van der Waals surface area contributed by atoms with Gasteiger partial charge in [-0.05, 0) is 61.0 Å². The van der Waals surface area contributed by atoms with Crippen molar-refractivity contribution >= 4 is 23.3 Å². The maximum atomic E-state index is 13.6. The molecule has 1 aliphatic rings. The van der Waals surface area contributed by atoms with Gasteiger partial charge < -0.3 is 14.4 Å². The molecule has 0 saturated carbocycles. The molecular weight excluding hydrogens is 467 g/mol. The van der Waals surface area contributed by atoms with E-state index in [0.29, 0.717) is 37.0 Å². The Morgan fingerprint density at radius 3 is 2.51 bits per heavy atom. The van der Waals surface area contributed by atoms with Gasteiger partial charge in [0.2, 0.25) is 5.91 Å². The molecule has 0 radical (unpaired) electrons. The van der Waals surface area contributed by atoms with Gasteiger partial charge in [-0.3, -0.25) is 4.79 Å². The van der Waals surface area contributed by atoms with E-state index in [9.17, 15) is 9.18 Å². The average molecular weight is 491 g/mol.